The number of carbonyl (C=O) groups is 1. The highest BCUT2D eigenvalue weighted by Crippen LogP contribution is 1.96. The van der Waals surface area contributed by atoms with Gasteiger partial charge in [0.2, 0.25) is 10.0 Å². The Labute approximate surface area is 81.4 Å². The summed E-state index contributed by atoms with van der Waals surface area (Å²) in [6, 6.07) is 0. The van der Waals surface area contributed by atoms with Crippen molar-refractivity contribution in [2.75, 3.05) is 12.3 Å². The third-order valence-electron chi connectivity index (χ3n) is 1.07. The van der Waals surface area contributed by atoms with E-state index in [2.05, 4.69) is 11.3 Å². The first-order chi connectivity index (χ1) is 5.83. The monoisotopic (exact) mass is 227 g/mol. The summed E-state index contributed by atoms with van der Waals surface area (Å²) in [7, 11) is -3.55. The molecule has 13 heavy (non-hydrogen) atoms. The van der Waals surface area contributed by atoms with Gasteiger partial charge in [-0.3, -0.25) is 4.79 Å². The van der Waals surface area contributed by atoms with Crippen LogP contribution in [0.5, 0.6) is 0 Å². The van der Waals surface area contributed by atoms with Gasteiger partial charge in [-0.2, -0.15) is 0 Å². The van der Waals surface area contributed by atoms with E-state index in [0.717, 1.165) is 0 Å². The normalized spacial score (nSPS) is 11.2. The average molecular weight is 228 g/mol. The van der Waals surface area contributed by atoms with Gasteiger partial charge >= 0.3 is 5.97 Å². The Balaban J connectivity index is 3.95. The Hall–Kier alpha value is -0.590. The van der Waals surface area contributed by atoms with Gasteiger partial charge in [-0.1, -0.05) is 18.2 Å². The lowest BCUT2D eigenvalue weighted by Crippen LogP contribution is -2.28. The zero-order valence-corrected chi connectivity index (χ0v) is 8.36. The molecule has 0 saturated carbocycles. The van der Waals surface area contributed by atoms with Crippen LogP contribution in [-0.4, -0.2) is 31.8 Å². The van der Waals surface area contributed by atoms with Gasteiger partial charge in [-0.15, -0.1) is 0 Å². The number of rotatable bonds is 6. The van der Waals surface area contributed by atoms with Crippen molar-refractivity contribution in [3.05, 3.63) is 11.6 Å². The molecule has 5 nitrogen and oxygen atoms in total. The summed E-state index contributed by atoms with van der Waals surface area (Å²) in [5, 5.41) is 8.37. The van der Waals surface area contributed by atoms with Crippen LogP contribution in [0.25, 0.3) is 0 Å². The molecule has 0 heterocycles. The molecule has 0 fully saturated rings. The lowest BCUT2D eigenvalue weighted by Gasteiger charge is -2.03. The summed E-state index contributed by atoms with van der Waals surface area (Å²) in [5.41, 5.74) is 0. The standard InChI is InChI=1S/C6H10ClNO4S/c1-5(7)4-8-13(11,12)3-2-6(9)10/h8H,1-4H2,(H,9,10). The van der Waals surface area contributed by atoms with E-state index in [1.165, 1.54) is 0 Å². The van der Waals surface area contributed by atoms with Crippen molar-refractivity contribution in [2.24, 2.45) is 0 Å². The summed E-state index contributed by atoms with van der Waals surface area (Å²) < 4.78 is 24.0. The van der Waals surface area contributed by atoms with E-state index in [1.807, 2.05) is 0 Å². The molecule has 0 saturated heterocycles. The Morgan fingerprint density at radius 1 is 1.54 bits per heavy atom. The van der Waals surface area contributed by atoms with Gasteiger partial charge in [0.1, 0.15) is 0 Å². The van der Waals surface area contributed by atoms with Crippen LogP contribution in [-0.2, 0) is 14.8 Å². The van der Waals surface area contributed by atoms with E-state index < -0.39 is 28.2 Å². The summed E-state index contributed by atoms with van der Waals surface area (Å²) in [6.45, 7) is 3.20. The molecule has 0 spiro atoms. The lowest BCUT2D eigenvalue weighted by atomic mass is 10.5. The van der Waals surface area contributed by atoms with Crippen molar-refractivity contribution in [1.82, 2.24) is 4.72 Å². The van der Waals surface area contributed by atoms with Gasteiger partial charge in [0.25, 0.3) is 0 Å². The molecule has 0 aromatic rings. The highest BCUT2D eigenvalue weighted by molar-refractivity contribution is 7.89. The molecule has 0 unspecified atom stereocenters. The largest absolute Gasteiger partial charge is 0.481 e. The topological polar surface area (TPSA) is 83.5 Å². The summed E-state index contributed by atoms with van der Waals surface area (Å²) in [5.74, 6) is -1.61. The van der Waals surface area contributed by atoms with Gasteiger partial charge in [-0.25, -0.2) is 13.1 Å². The number of aliphatic carboxylic acids is 1. The molecule has 0 radical (unpaired) electrons. The number of carboxylic acid groups (broad SMARTS) is 1. The maximum absolute atomic E-state index is 11.0. The highest BCUT2D eigenvalue weighted by Gasteiger charge is 2.11. The second kappa shape index (κ2) is 5.21. The molecule has 0 aliphatic heterocycles. The number of halogens is 1. The van der Waals surface area contributed by atoms with Crippen molar-refractivity contribution in [3.63, 3.8) is 0 Å². The minimum absolute atomic E-state index is 0.0799. The SMILES string of the molecule is C=C(Cl)CNS(=O)(=O)CCC(=O)O. The second-order valence-corrected chi connectivity index (χ2v) is 4.76. The first kappa shape index (κ1) is 12.4. The zero-order valence-electron chi connectivity index (χ0n) is 6.79. The van der Waals surface area contributed by atoms with Crippen LogP contribution in [0.3, 0.4) is 0 Å². The first-order valence-corrected chi connectivity index (χ1v) is 5.39. The van der Waals surface area contributed by atoms with E-state index in [4.69, 9.17) is 16.7 Å². The fourth-order valence-corrected chi connectivity index (χ4v) is 1.61. The molecule has 0 aromatic carbocycles. The maximum Gasteiger partial charge on any atom is 0.304 e. The van der Waals surface area contributed by atoms with Gasteiger partial charge in [0.15, 0.2) is 0 Å². The van der Waals surface area contributed by atoms with Gasteiger partial charge in [0, 0.05) is 11.6 Å². The van der Waals surface area contributed by atoms with Crippen molar-refractivity contribution < 1.29 is 18.3 Å². The van der Waals surface area contributed by atoms with Crippen LogP contribution in [0.1, 0.15) is 6.42 Å². The minimum atomic E-state index is -3.55. The number of hydrogen-bond acceptors (Lipinski definition) is 3. The van der Waals surface area contributed by atoms with Crippen LogP contribution < -0.4 is 4.72 Å². The Morgan fingerprint density at radius 2 is 2.08 bits per heavy atom. The Bertz CT molecular complexity index is 274. The molecule has 0 amide bonds. The van der Waals surface area contributed by atoms with Crippen molar-refractivity contribution in [2.45, 2.75) is 6.42 Å². The fraction of sp³-hybridized carbons (Fsp3) is 0.500. The summed E-state index contributed by atoms with van der Waals surface area (Å²) >= 11 is 5.31. The lowest BCUT2D eigenvalue weighted by molar-refractivity contribution is -0.136. The van der Waals surface area contributed by atoms with Crippen molar-refractivity contribution in [3.8, 4) is 0 Å². The third-order valence-corrected chi connectivity index (χ3v) is 2.53. The maximum atomic E-state index is 11.0. The molecule has 0 bridgehead atoms. The third kappa shape index (κ3) is 7.76. The number of carboxylic acids is 1. The quantitative estimate of drug-likeness (QED) is 0.676. The molecule has 0 aliphatic carbocycles. The average Bonchev–Trinajstić information content (AvgIpc) is 1.98. The second-order valence-electron chi connectivity index (χ2n) is 2.30. The Kier molecular flexibility index (Phi) is 4.97. The van der Waals surface area contributed by atoms with Crippen molar-refractivity contribution >= 4 is 27.6 Å². The van der Waals surface area contributed by atoms with E-state index in [9.17, 15) is 13.2 Å². The molecule has 0 aromatic heterocycles. The molecule has 0 atom stereocenters. The number of nitrogens with one attached hydrogen (secondary N) is 1. The summed E-state index contributed by atoms with van der Waals surface area (Å²) in [6.07, 6.45) is -0.426. The van der Waals surface area contributed by atoms with Crippen LogP contribution >= 0.6 is 11.6 Å². The zero-order chi connectivity index (χ0) is 10.5. The van der Waals surface area contributed by atoms with Gasteiger partial charge < -0.3 is 5.11 Å². The molecule has 76 valence electrons. The smallest absolute Gasteiger partial charge is 0.304 e. The minimum Gasteiger partial charge on any atom is -0.481 e. The van der Waals surface area contributed by atoms with E-state index in [0.29, 0.717) is 0 Å². The van der Waals surface area contributed by atoms with E-state index >= 15 is 0 Å². The van der Waals surface area contributed by atoms with Crippen LogP contribution in [0.15, 0.2) is 11.6 Å². The molecule has 7 heteroatoms. The predicted octanol–water partition coefficient (Wildman–Crippen LogP) is 0.133. The van der Waals surface area contributed by atoms with Gasteiger partial charge in [0.05, 0.1) is 12.2 Å². The highest BCUT2D eigenvalue weighted by atomic mass is 35.5. The summed E-state index contributed by atoms with van der Waals surface area (Å²) in [4.78, 5) is 10.0. The molecule has 2 N–H and O–H groups in total. The molecule has 0 rings (SSSR count). The molecular formula is C6H10ClNO4S. The number of hydrogen-bond donors (Lipinski definition) is 2. The van der Waals surface area contributed by atoms with Crippen LogP contribution in [0.4, 0.5) is 0 Å². The van der Waals surface area contributed by atoms with E-state index in [1.54, 1.807) is 0 Å². The molecular weight excluding hydrogens is 218 g/mol. The van der Waals surface area contributed by atoms with Gasteiger partial charge in [-0.05, 0) is 0 Å². The van der Waals surface area contributed by atoms with Crippen LogP contribution in [0, 0.1) is 0 Å². The first-order valence-electron chi connectivity index (χ1n) is 3.36. The van der Waals surface area contributed by atoms with E-state index in [-0.39, 0.29) is 11.6 Å². The predicted molar refractivity (Wildman–Crippen MR) is 49.0 cm³/mol. The Morgan fingerprint density at radius 3 is 2.46 bits per heavy atom. The molecule has 0 aliphatic rings. The van der Waals surface area contributed by atoms with Crippen molar-refractivity contribution in [1.29, 1.82) is 0 Å². The number of sulfonamides is 1. The fourth-order valence-electron chi connectivity index (χ4n) is 0.482. The van der Waals surface area contributed by atoms with Crippen LogP contribution in [0.2, 0.25) is 0 Å².